The van der Waals surface area contributed by atoms with E-state index in [0.717, 1.165) is 5.56 Å². The third kappa shape index (κ3) is 4.95. The third-order valence-electron chi connectivity index (χ3n) is 4.95. The average Bonchev–Trinajstić information content (AvgIpc) is 3.12. The second-order valence-electron chi connectivity index (χ2n) is 7.14. The van der Waals surface area contributed by atoms with Gasteiger partial charge in [0.15, 0.2) is 11.5 Å². The highest BCUT2D eigenvalue weighted by Gasteiger charge is 2.34. The van der Waals surface area contributed by atoms with Gasteiger partial charge in [0.05, 0.1) is 27.3 Å². The molecule has 10 heteroatoms. The number of methoxy groups -OCH3 is 1. The molecule has 6 nitrogen and oxygen atoms in total. The molecule has 3 aromatic carbocycles. The number of hydrogen-bond donors (Lipinski definition) is 1. The zero-order chi connectivity index (χ0) is 24.4. The van der Waals surface area contributed by atoms with Crippen molar-refractivity contribution in [3.8, 4) is 11.5 Å². The molecule has 0 spiro atoms. The quantitative estimate of drug-likeness (QED) is 0.248. The maximum atomic E-state index is 12.9. The normalized spacial score (nSPS) is 14.5. The number of carbonyl (C=O) groups is 2. The van der Waals surface area contributed by atoms with Gasteiger partial charge < -0.3 is 9.47 Å². The standard InChI is InChI=1S/C24H16Br2Cl2N2O4/c1-33-19-11-14(10-16-23(31)29-30(24(16)32)15-5-3-2-4-6-15)20(25)21(26)22(19)34-12-13-7-8-17(27)18(28)9-13/h2-11H,12H2,1H3,(H,29,31)/b16-10-. The fourth-order valence-corrected chi connectivity index (χ4v) is 4.52. The highest BCUT2D eigenvalue weighted by molar-refractivity contribution is 9.13. The average molecular weight is 627 g/mol. The number of amides is 2. The first-order chi connectivity index (χ1) is 16.3. The van der Waals surface area contributed by atoms with Gasteiger partial charge in [-0.15, -0.1) is 0 Å². The monoisotopic (exact) mass is 624 g/mol. The molecule has 0 aromatic heterocycles. The van der Waals surface area contributed by atoms with Gasteiger partial charge in [-0.05, 0) is 79.4 Å². The number of nitrogens with one attached hydrogen (secondary N) is 1. The summed E-state index contributed by atoms with van der Waals surface area (Å²) in [4.78, 5) is 25.5. The van der Waals surface area contributed by atoms with E-state index in [2.05, 4.69) is 37.3 Å². The van der Waals surface area contributed by atoms with E-state index < -0.39 is 11.8 Å². The van der Waals surface area contributed by atoms with Crippen LogP contribution < -0.4 is 19.9 Å². The Bertz CT molecular complexity index is 1320. The number of carbonyl (C=O) groups excluding carboxylic acids is 2. The minimum atomic E-state index is -0.504. The predicted molar refractivity (Wildman–Crippen MR) is 139 cm³/mol. The molecule has 2 amide bonds. The maximum Gasteiger partial charge on any atom is 0.282 e. The van der Waals surface area contributed by atoms with Crippen molar-refractivity contribution in [2.24, 2.45) is 0 Å². The zero-order valence-corrected chi connectivity index (χ0v) is 22.3. The van der Waals surface area contributed by atoms with E-state index in [1.54, 1.807) is 42.5 Å². The number of benzene rings is 3. The van der Waals surface area contributed by atoms with E-state index in [-0.39, 0.29) is 12.2 Å². The van der Waals surface area contributed by atoms with Gasteiger partial charge in [0.1, 0.15) is 12.2 Å². The summed E-state index contributed by atoms with van der Waals surface area (Å²) in [6, 6.07) is 15.8. The maximum absolute atomic E-state index is 12.9. The molecule has 1 aliphatic heterocycles. The summed E-state index contributed by atoms with van der Waals surface area (Å²) in [6.45, 7) is 0.214. The largest absolute Gasteiger partial charge is 0.493 e. The Morgan fingerprint density at radius 2 is 1.74 bits per heavy atom. The number of para-hydroxylation sites is 1. The van der Waals surface area contributed by atoms with Crippen LogP contribution in [0.3, 0.4) is 0 Å². The first-order valence-corrected chi connectivity index (χ1v) is 12.2. The molecule has 0 aliphatic carbocycles. The minimum absolute atomic E-state index is 0.0111. The fraction of sp³-hybridized carbons (Fsp3) is 0.0833. The summed E-state index contributed by atoms with van der Waals surface area (Å²) >= 11 is 19.1. The summed E-state index contributed by atoms with van der Waals surface area (Å²) < 4.78 is 12.6. The predicted octanol–water partition coefficient (Wildman–Crippen LogP) is 6.57. The van der Waals surface area contributed by atoms with Gasteiger partial charge in [0.2, 0.25) is 0 Å². The van der Waals surface area contributed by atoms with Gasteiger partial charge >= 0.3 is 0 Å². The number of hydrazine groups is 1. The Morgan fingerprint density at radius 1 is 1.00 bits per heavy atom. The molecular formula is C24H16Br2Cl2N2O4. The van der Waals surface area contributed by atoms with Gasteiger partial charge in [-0.1, -0.05) is 47.5 Å². The molecule has 1 aliphatic rings. The van der Waals surface area contributed by atoms with Gasteiger partial charge in [-0.2, -0.15) is 0 Å². The van der Waals surface area contributed by atoms with E-state index in [0.29, 0.717) is 41.7 Å². The molecule has 1 saturated heterocycles. The van der Waals surface area contributed by atoms with E-state index in [4.69, 9.17) is 32.7 Å². The molecule has 1 fully saturated rings. The number of anilines is 1. The van der Waals surface area contributed by atoms with Crippen molar-refractivity contribution in [1.29, 1.82) is 0 Å². The van der Waals surface area contributed by atoms with Crippen molar-refractivity contribution in [2.75, 3.05) is 12.1 Å². The van der Waals surface area contributed by atoms with Crippen molar-refractivity contribution in [2.45, 2.75) is 6.61 Å². The Kier molecular flexibility index (Phi) is 7.52. The summed E-state index contributed by atoms with van der Waals surface area (Å²) in [5, 5.41) is 2.10. The molecule has 0 atom stereocenters. The molecule has 0 saturated carbocycles. The molecule has 4 rings (SSSR count). The van der Waals surface area contributed by atoms with Gasteiger partial charge in [-0.25, -0.2) is 5.01 Å². The Hall–Kier alpha value is -2.52. The summed E-state index contributed by atoms with van der Waals surface area (Å²) in [5.74, 6) is -0.114. The fourth-order valence-electron chi connectivity index (χ4n) is 3.25. The van der Waals surface area contributed by atoms with Crippen LogP contribution >= 0.6 is 55.1 Å². The van der Waals surface area contributed by atoms with E-state index in [1.165, 1.54) is 18.2 Å². The molecular weight excluding hydrogens is 611 g/mol. The summed E-state index contributed by atoms with van der Waals surface area (Å²) in [6.07, 6.45) is 1.50. The minimum Gasteiger partial charge on any atom is -0.493 e. The van der Waals surface area contributed by atoms with Crippen LogP contribution in [0.4, 0.5) is 5.69 Å². The van der Waals surface area contributed by atoms with Crippen molar-refractivity contribution in [3.05, 3.63) is 90.3 Å². The Morgan fingerprint density at radius 3 is 2.41 bits per heavy atom. The van der Waals surface area contributed by atoms with Crippen molar-refractivity contribution < 1.29 is 19.1 Å². The molecule has 3 aromatic rings. The number of ether oxygens (including phenoxy) is 2. The lowest BCUT2D eigenvalue weighted by molar-refractivity contribution is -0.117. The molecule has 1 N–H and O–H groups in total. The lowest BCUT2D eigenvalue weighted by atomic mass is 10.1. The zero-order valence-electron chi connectivity index (χ0n) is 17.6. The van der Waals surface area contributed by atoms with E-state index in [9.17, 15) is 9.59 Å². The van der Waals surface area contributed by atoms with E-state index in [1.807, 2.05) is 12.1 Å². The smallest absolute Gasteiger partial charge is 0.282 e. The number of halogens is 4. The van der Waals surface area contributed by atoms with Crippen LogP contribution in [0, 0.1) is 0 Å². The van der Waals surface area contributed by atoms with Crippen molar-refractivity contribution in [3.63, 3.8) is 0 Å². The Balaban J connectivity index is 1.64. The molecule has 0 unspecified atom stereocenters. The second-order valence-corrected chi connectivity index (χ2v) is 9.54. The van der Waals surface area contributed by atoms with Crippen LogP contribution in [0.1, 0.15) is 11.1 Å². The lowest BCUT2D eigenvalue weighted by Gasteiger charge is -2.16. The van der Waals surface area contributed by atoms with Gasteiger partial charge in [0, 0.05) is 4.47 Å². The van der Waals surface area contributed by atoms with Crippen LogP contribution in [0.25, 0.3) is 6.08 Å². The van der Waals surface area contributed by atoms with E-state index >= 15 is 0 Å². The molecule has 174 valence electrons. The van der Waals surface area contributed by atoms with Crippen LogP contribution in [-0.2, 0) is 16.2 Å². The summed E-state index contributed by atoms with van der Waals surface area (Å²) in [7, 11) is 1.50. The van der Waals surface area contributed by atoms with Crippen molar-refractivity contribution in [1.82, 2.24) is 5.43 Å². The number of rotatable bonds is 6. The van der Waals surface area contributed by atoms with Crippen molar-refractivity contribution >= 4 is 78.6 Å². The first kappa shape index (κ1) is 24.6. The van der Waals surface area contributed by atoms with Crippen LogP contribution in [0.15, 0.2) is 69.1 Å². The number of hydrogen-bond acceptors (Lipinski definition) is 4. The number of nitrogens with zero attached hydrogens (tertiary/aromatic N) is 1. The third-order valence-corrected chi connectivity index (χ3v) is 7.83. The molecule has 0 bridgehead atoms. The molecule has 1 heterocycles. The molecule has 34 heavy (non-hydrogen) atoms. The Labute approximate surface area is 222 Å². The summed E-state index contributed by atoms with van der Waals surface area (Å²) in [5.41, 5.74) is 4.51. The molecule has 0 radical (unpaired) electrons. The SMILES string of the molecule is COc1cc(/C=C2/C(=O)NN(c3ccccc3)C2=O)c(Br)c(Br)c1OCc1ccc(Cl)c(Cl)c1. The highest BCUT2D eigenvalue weighted by atomic mass is 79.9. The second kappa shape index (κ2) is 10.4. The van der Waals surface area contributed by atoms with Gasteiger partial charge in [0.25, 0.3) is 11.8 Å². The van der Waals surface area contributed by atoms with Crippen LogP contribution in [0.5, 0.6) is 11.5 Å². The first-order valence-electron chi connectivity index (χ1n) is 9.85. The van der Waals surface area contributed by atoms with Crippen LogP contribution in [-0.4, -0.2) is 18.9 Å². The van der Waals surface area contributed by atoms with Gasteiger partial charge in [-0.3, -0.25) is 15.0 Å². The lowest BCUT2D eigenvalue weighted by Crippen LogP contribution is -2.35. The highest BCUT2D eigenvalue weighted by Crippen LogP contribution is 2.44. The van der Waals surface area contributed by atoms with Crippen LogP contribution in [0.2, 0.25) is 10.0 Å². The topological polar surface area (TPSA) is 67.9 Å².